The Morgan fingerprint density at radius 3 is 2.29 bits per heavy atom. The van der Waals surface area contributed by atoms with Crippen LogP contribution in [0, 0.1) is 11.6 Å². The van der Waals surface area contributed by atoms with Gasteiger partial charge < -0.3 is 5.11 Å². The summed E-state index contributed by atoms with van der Waals surface area (Å²) < 4.78 is 46.3. The van der Waals surface area contributed by atoms with Gasteiger partial charge in [-0.1, -0.05) is 0 Å². The highest BCUT2D eigenvalue weighted by Crippen LogP contribution is 2.23. The lowest BCUT2D eigenvalue weighted by Gasteiger charge is -2.02. The Morgan fingerprint density at radius 2 is 1.79 bits per heavy atom. The fourth-order valence-corrected chi connectivity index (χ4v) is 1.83. The molecule has 0 amide bonds. The van der Waals surface area contributed by atoms with Gasteiger partial charge in [0.25, 0.3) is 0 Å². The molecule has 1 aromatic carbocycles. The summed E-state index contributed by atoms with van der Waals surface area (Å²) in [6.07, 6.45) is 0. The lowest BCUT2D eigenvalue weighted by Crippen LogP contribution is -1.97. The molecule has 0 saturated carbocycles. The van der Waals surface area contributed by atoms with E-state index in [0.717, 1.165) is 0 Å². The van der Waals surface area contributed by atoms with E-state index in [1.165, 1.54) is 0 Å². The van der Waals surface area contributed by atoms with E-state index in [0.29, 0.717) is 12.1 Å². The van der Waals surface area contributed by atoms with E-state index in [4.69, 9.17) is 15.8 Å². The Bertz CT molecular complexity index is 458. The molecule has 0 radical (unpaired) electrons. The fraction of sp³-hybridized carbons (Fsp3) is 0.143. The van der Waals surface area contributed by atoms with Crippen molar-refractivity contribution in [3.05, 3.63) is 29.3 Å². The van der Waals surface area contributed by atoms with Crippen LogP contribution in [0.1, 0.15) is 5.56 Å². The minimum Gasteiger partial charge on any atom is -0.508 e. The topological polar surface area (TPSA) is 54.4 Å². The van der Waals surface area contributed by atoms with Crippen LogP contribution in [0.25, 0.3) is 0 Å². The summed E-state index contributed by atoms with van der Waals surface area (Å²) in [5.74, 6) is -3.89. The van der Waals surface area contributed by atoms with E-state index in [1.807, 2.05) is 0 Å². The van der Waals surface area contributed by atoms with Gasteiger partial charge in [0.05, 0.1) is 5.75 Å². The minimum absolute atomic E-state index is 0.279. The van der Waals surface area contributed by atoms with Gasteiger partial charge in [0.2, 0.25) is 9.05 Å². The van der Waals surface area contributed by atoms with Gasteiger partial charge in [-0.25, -0.2) is 17.2 Å². The van der Waals surface area contributed by atoms with Gasteiger partial charge >= 0.3 is 0 Å². The number of phenolic OH excluding ortho intramolecular Hbond substituents is 1. The first-order valence-corrected chi connectivity index (χ1v) is 5.86. The van der Waals surface area contributed by atoms with Crippen LogP contribution in [0.3, 0.4) is 0 Å². The van der Waals surface area contributed by atoms with Gasteiger partial charge in [-0.2, -0.15) is 0 Å². The molecule has 14 heavy (non-hydrogen) atoms. The molecule has 0 fully saturated rings. The van der Waals surface area contributed by atoms with Crippen LogP contribution < -0.4 is 0 Å². The van der Waals surface area contributed by atoms with Crippen molar-refractivity contribution in [1.29, 1.82) is 0 Å². The molecule has 0 bridgehead atoms. The van der Waals surface area contributed by atoms with Crippen LogP contribution in [0.15, 0.2) is 12.1 Å². The highest BCUT2D eigenvalue weighted by Gasteiger charge is 2.14. The predicted molar refractivity (Wildman–Crippen MR) is 46.5 cm³/mol. The summed E-state index contributed by atoms with van der Waals surface area (Å²) in [7, 11) is 0.971. The SMILES string of the molecule is O=S(=O)(Cl)Cc1cc(F)c(F)cc1O. The Labute approximate surface area is 83.4 Å². The molecule has 0 aliphatic carbocycles. The number of benzene rings is 1. The molecule has 0 atom stereocenters. The smallest absolute Gasteiger partial charge is 0.236 e. The molecule has 0 aromatic heterocycles. The first-order chi connectivity index (χ1) is 6.29. The molecule has 0 aliphatic rings. The van der Waals surface area contributed by atoms with Crippen LogP contribution in [0.5, 0.6) is 5.75 Å². The zero-order chi connectivity index (χ0) is 10.9. The minimum atomic E-state index is -3.91. The molecule has 1 rings (SSSR count). The maximum absolute atomic E-state index is 12.6. The first-order valence-electron chi connectivity index (χ1n) is 3.39. The molecule has 0 aliphatic heterocycles. The fourth-order valence-electron chi connectivity index (χ4n) is 0.879. The number of halogens is 3. The monoisotopic (exact) mass is 242 g/mol. The average Bonchev–Trinajstić information content (AvgIpc) is 1.97. The van der Waals surface area contributed by atoms with Crippen molar-refractivity contribution in [3.63, 3.8) is 0 Å². The van der Waals surface area contributed by atoms with Crippen molar-refractivity contribution in [2.75, 3.05) is 0 Å². The maximum atomic E-state index is 12.6. The molecule has 0 spiro atoms. The van der Waals surface area contributed by atoms with Crippen molar-refractivity contribution >= 4 is 19.7 Å². The largest absolute Gasteiger partial charge is 0.508 e. The van der Waals surface area contributed by atoms with Crippen molar-refractivity contribution in [3.8, 4) is 5.75 Å². The van der Waals surface area contributed by atoms with Crippen molar-refractivity contribution in [2.45, 2.75) is 5.75 Å². The molecule has 0 unspecified atom stereocenters. The van der Waals surface area contributed by atoms with Crippen molar-refractivity contribution < 1.29 is 22.3 Å². The predicted octanol–water partition coefficient (Wildman–Crippen LogP) is 1.74. The molecule has 3 nitrogen and oxygen atoms in total. The number of hydrogen-bond donors (Lipinski definition) is 1. The zero-order valence-electron chi connectivity index (χ0n) is 6.67. The molecule has 1 aromatic rings. The third-order valence-corrected chi connectivity index (χ3v) is 2.43. The first kappa shape index (κ1) is 11.2. The van der Waals surface area contributed by atoms with Crippen molar-refractivity contribution in [2.24, 2.45) is 0 Å². The molecule has 0 saturated heterocycles. The Morgan fingerprint density at radius 1 is 1.29 bits per heavy atom. The lowest BCUT2D eigenvalue weighted by molar-refractivity contribution is 0.449. The standard InChI is InChI=1S/C7H5ClF2O3S/c8-14(12,13)3-4-1-5(9)6(10)2-7(4)11/h1-2,11H,3H2. The molecule has 7 heteroatoms. The number of rotatable bonds is 2. The quantitative estimate of drug-likeness (QED) is 0.804. The third kappa shape index (κ3) is 2.81. The van der Waals surface area contributed by atoms with E-state index in [-0.39, 0.29) is 5.56 Å². The van der Waals surface area contributed by atoms with E-state index in [1.54, 1.807) is 0 Å². The Balaban J connectivity index is 3.17. The van der Waals surface area contributed by atoms with Gasteiger partial charge in [-0.3, -0.25) is 0 Å². The van der Waals surface area contributed by atoms with Crippen LogP contribution in [-0.2, 0) is 14.8 Å². The number of phenols is 1. The highest BCUT2D eigenvalue weighted by molar-refractivity contribution is 8.13. The van der Waals surface area contributed by atoms with Crippen LogP contribution in [0.4, 0.5) is 8.78 Å². The Hall–Kier alpha value is -0.880. The van der Waals surface area contributed by atoms with Crippen LogP contribution in [-0.4, -0.2) is 13.5 Å². The number of hydrogen-bond acceptors (Lipinski definition) is 3. The summed E-state index contributed by atoms with van der Waals surface area (Å²) in [6, 6.07) is 1.08. The second-order valence-electron chi connectivity index (χ2n) is 2.58. The molecule has 78 valence electrons. The molecular weight excluding hydrogens is 238 g/mol. The molecule has 1 N–H and O–H groups in total. The molecule has 0 heterocycles. The van der Waals surface area contributed by atoms with Crippen molar-refractivity contribution in [1.82, 2.24) is 0 Å². The van der Waals surface area contributed by atoms with E-state index in [9.17, 15) is 17.2 Å². The van der Waals surface area contributed by atoms with Crippen LogP contribution in [0.2, 0.25) is 0 Å². The molecular formula is C7H5ClF2O3S. The second kappa shape index (κ2) is 3.70. The summed E-state index contributed by atoms with van der Waals surface area (Å²) in [4.78, 5) is 0. The Kier molecular flexibility index (Phi) is 2.96. The zero-order valence-corrected chi connectivity index (χ0v) is 8.24. The number of aromatic hydroxyl groups is 1. The highest BCUT2D eigenvalue weighted by atomic mass is 35.7. The van der Waals surface area contributed by atoms with Gasteiger partial charge in [0.1, 0.15) is 5.75 Å². The summed E-state index contributed by atoms with van der Waals surface area (Å²) in [6.45, 7) is 0. The van der Waals surface area contributed by atoms with E-state index in [2.05, 4.69) is 0 Å². The summed E-state index contributed by atoms with van der Waals surface area (Å²) in [5, 5.41) is 9.05. The maximum Gasteiger partial charge on any atom is 0.236 e. The van der Waals surface area contributed by atoms with Gasteiger partial charge in [0, 0.05) is 22.3 Å². The van der Waals surface area contributed by atoms with Crippen LogP contribution >= 0.6 is 10.7 Å². The third-order valence-electron chi connectivity index (χ3n) is 1.45. The van der Waals surface area contributed by atoms with Gasteiger partial charge in [-0.15, -0.1) is 0 Å². The van der Waals surface area contributed by atoms with Gasteiger partial charge in [0.15, 0.2) is 11.6 Å². The summed E-state index contributed by atoms with van der Waals surface area (Å²) in [5.41, 5.74) is -0.279. The normalized spacial score (nSPS) is 11.6. The van der Waals surface area contributed by atoms with E-state index >= 15 is 0 Å². The van der Waals surface area contributed by atoms with Gasteiger partial charge in [-0.05, 0) is 6.07 Å². The lowest BCUT2D eigenvalue weighted by atomic mass is 10.2. The van der Waals surface area contributed by atoms with E-state index < -0.39 is 32.2 Å². The summed E-state index contributed by atoms with van der Waals surface area (Å²) >= 11 is 0. The average molecular weight is 243 g/mol. The second-order valence-corrected chi connectivity index (χ2v) is 5.36.